The van der Waals surface area contributed by atoms with Gasteiger partial charge in [0, 0.05) is 12.3 Å². The van der Waals surface area contributed by atoms with Crippen LogP contribution in [-0.2, 0) is 4.79 Å². The molecule has 0 amide bonds. The fraction of sp³-hybridized carbons (Fsp3) is 0.125. The van der Waals surface area contributed by atoms with Gasteiger partial charge in [0.1, 0.15) is 0 Å². The van der Waals surface area contributed by atoms with Gasteiger partial charge in [-0.1, -0.05) is 0 Å². The summed E-state index contributed by atoms with van der Waals surface area (Å²) in [6, 6.07) is 0. The SMILES string of the molecule is O=C1C=CC2=NCC=NC2=C1. The topological polar surface area (TPSA) is 41.8 Å². The number of nitrogens with zero attached hydrogens (tertiary/aromatic N) is 2. The number of carbonyl (C=O) groups is 1. The molecule has 2 aliphatic rings. The van der Waals surface area contributed by atoms with Gasteiger partial charge in [0.15, 0.2) is 5.78 Å². The lowest BCUT2D eigenvalue weighted by Gasteiger charge is -2.08. The quantitative estimate of drug-likeness (QED) is 0.460. The predicted octanol–water partition coefficient (Wildman–Crippen LogP) is 0.535. The van der Waals surface area contributed by atoms with Gasteiger partial charge in [-0.25, -0.2) is 0 Å². The Balaban J connectivity index is 2.44. The average molecular weight is 146 g/mol. The van der Waals surface area contributed by atoms with Crippen molar-refractivity contribution in [3.63, 3.8) is 0 Å². The van der Waals surface area contributed by atoms with Crippen molar-refractivity contribution in [1.29, 1.82) is 0 Å². The summed E-state index contributed by atoms with van der Waals surface area (Å²) in [5.41, 5.74) is 1.50. The van der Waals surface area contributed by atoms with Crippen molar-refractivity contribution in [2.24, 2.45) is 9.98 Å². The van der Waals surface area contributed by atoms with Gasteiger partial charge >= 0.3 is 0 Å². The van der Waals surface area contributed by atoms with E-state index >= 15 is 0 Å². The minimum Gasteiger partial charge on any atom is -0.290 e. The minimum atomic E-state index is -0.0157. The molecule has 0 saturated heterocycles. The zero-order chi connectivity index (χ0) is 7.68. The zero-order valence-corrected chi connectivity index (χ0v) is 5.82. The van der Waals surface area contributed by atoms with Crippen molar-refractivity contribution in [1.82, 2.24) is 0 Å². The molecule has 0 bridgehead atoms. The second kappa shape index (κ2) is 2.27. The molecule has 3 nitrogen and oxygen atoms in total. The predicted molar refractivity (Wildman–Crippen MR) is 43.0 cm³/mol. The molecule has 1 aliphatic carbocycles. The largest absolute Gasteiger partial charge is 0.290 e. The third-order valence-electron chi connectivity index (χ3n) is 1.52. The summed E-state index contributed by atoms with van der Waals surface area (Å²) < 4.78 is 0. The van der Waals surface area contributed by atoms with Crippen LogP contribution in [0.5, 0.6) is 0 Å². The molecule has 11 heavy (non-hydrogen) atoms. The van der Waals surface area contributed by atoms with Gasteiger partial charge in [0.05, 0.1) is 18.0 Å². The first kappa shape index (κ1) is 6.22. The van der Waals surface area contributed by atoms with Crippen LogP contribution in [0.15, 0.2) is 33.9 Å². The molecule has 0 unspecified atom stereocenters. The van der Waals surface area contributed by atoms with Crippen LogP contribution < -0.4 is 0 Å². The van der Waals surface area contributed by atoms with Gasteiger partial charge in [-0.2, -0.15) is 0 Å². The summed E-state index contributed by atoms with van der Waals surface area (Å²) in [4.78, 5) is 19.0. The number of aliphatic imine (C=N–C) groups is 2. The number of rotatable bonds is 0. The summed E-state index contributed by atoms with van der Waals surface area (Å²) in [7, 11) is 0. The van der Waals surface area contributed by atoms with Crippen molar-refractivity contribution in [3.8, 4) is 0 Å². The molecule has 0 saturated carbocycles. The minimum absolute atomic E-state index is 0.0157. The van der Waals surface area contributed by atoms with Crippen molar-refractivity contribution in [2.75, 3.05) is 6.54 Å². The molecule has 1 heterocycles. The lowest BCUT2D eigenvalue weighted by atomic mass is 10.1. The van der Waals surface area contributed by atoms with Gasteiger partial charge < -0.3 is 0 Å². The average Bonchev–Trinajstić information content (AvgIpc) is 2.04. The van der Waals surface area contributed by atoms with E-state index in [2.05, 4.69) is 9.98 Å². The standard InChI is InChI=1S/C8H6N2O/c11-6-1-2-7-8(5-6)10-4-3-9-7/h1-2,4-5H,3H2. The molecule has 0 atom stereocenters. The molecule has 0 aromatic rings. The van der Waals surface area contributed by atoms with Crippen LogP contribution in [0.4, 0.5) is 0 Å². The highest BCUT2D eigenvalue weighted by Crippen LogP contribution is 2.10. The van der Waals surface area contributed by atoms with Crippen LogP contribution in [0.3, 0.4) is 0 Å². The van der Waals surface area contributed by atoms with E-state index in [-0.39, 0.29) is 5.78 Å². The summed E-state index contributed by atoms with van der Waals surface area (Å²) in [6.45, 7) is 0.616. The third-order valence-corrected chi connectivity index (χ3v) is 1.52. The molecule has 0 spiro atoms. The molecule has 0 aromatic heterocycles. The number of hydrogen-bond donors (Lipinski definition) is 0. The Morgan fingerprint density at radius 3 is 3.18 bits per heavy atom. The summed E-state index contributed by atoms with van der Waals surface area (Å²) in [5, 5.41) is 0. The Labute approximate surface area is 63.9 Å². The van der Waals surface area contributed by atoms with Gasteiger partial charge in [0.25, 0.3) is 0 Å². The van der Waals surface area contributed by atoms with Gasteiger partial charge in [-0.15, -0.1) is 0 Å². The lowest BCUT2D eigenvalue weighted by Crippen LogP contribution is -2.11. The number of carbonyl (C=O) groups excluding carboxylic acids is 1. The summed E-state index contributed by atoms with van der Waals surface area (Å²) >= 11 is 0. The Bertz CT molecular complexity index is 321. The first-order chi connectivity index (χ1) is 5.36. The smallest absolute Gasteiger partial charge is 0.180 e. The number of hydrogen-bond acceptors (Lipinski definition) is 3. The number of ketones is 1. The van der Waals surface area contributed by atoms with E-state index in [1.165, 1.54) is 12.2 Å². The Hall–Kier alpha value is -1.51. The van der Waals surface area contributed by atoms with Crippen molar-refractivity contribution >= 4 is 17.7 Å². The molecule has 0 radical (unpaired) electrons. The van der Waals surface area contributed by atoms with Crippen LogP contribution in [-0.4, -0.2) is 24.3 Å². The Morgan fingerprint density at radius 1 is 1.36 bits per heavy atom. The van der Waals surface area contributed by atoms with Crippen LogP contribution in [0.25, 0.3) is 0 Å². The maximum absolute atomic E-state index is 10.8. The molecular weight excluding hydrogens is 140 g/mol. The summed E-state index contributed by atoms with van der Waals surface area (Å²) in [6.07, 6.45) is 6.40. The first-order valence-corrected chi connectivity index (χ1v) is 3.37. The second-order valence-corrected chi connectivity index (χ2v) is 2.30. The van der Waals surface area contributed by atoms with E-state index in [1.54, 1.807) is 12.3 Å². The normalized spacial score (nSPS) is 20.9. The highest BCUT2D eigenvalue weighted by atomic mass is 16.1. The van der Waals surface area contributed by atoms with Crippen molar-refractivity contribution in [2.45, 2.75) is 0 Å². The summed E-state index contributed by atoms with van der Waals surface area (Å²) in [5.74, 6) is -0.0157. The van der Waals surface area contributed by atoms with Gasteiger partial charge in [-0.3, -0.25) is 14.8 Å². The second-order valence-electron chi connectivity index (χ2n) is 2.30. The number of fused-ring (bicyclic) bond motifs is 1. The first-order valence-electron chi connectivity index (χ1n) is 3.37. The molecule has 0 N–H and O–H groups in total. The van der Waals surface area contributed by atoms with Crippen LogP contribution in [0.2, 0.25) is 0 Å². The molecule has 54 valence electrons. The molecule has 0 fully saturated rings. The fourth-order valence-electron chi connectivity index (χ4n) is 1.02. The molecule has 2 rings (SSSR count). The third kappa shape index (κ3) is 1.05. The van der Waals surface area contributed by atoms with E-state index in [0.717, 1.165) is 5.71 Å². The highest BCUT2D eigenvalue weighted by Gasteiger charge is 2.11. The van der Waals surface area contributed by atoms with Crippen molar-refractivity contribution in [3.05, 3.63) is 23.9 Å². The van der Waals surface area contributed by atoms with Crippen LogP contribution >= 0.6 is 0 Å². The zero-order valence-electron chi connectivity index (χ0n) is 5.82. The maximum atomic E-state index is 10.8. The van der Waals surface area contributed by atoms with Crippen molar-refractivity contribution < 1.29 is 4.79 Å². The maximum Gasteiger partial charge on any atom is 0.180 e. The van der Waals surface area contributed by atoms with Gasteiger partial charge in [0.2, 0.25) is 0 Å². The van der Waals surface area contributed by atoms with Gasteiger partial charge in [-0.05, 0) is 12.2 Å². The Kier molecular flexibility index (Phi) is 1.28. The molecular formula is C8H6N2O. The highest BCUT2D eigenvalue weighted by molar-refractivity contribution is 6.20. The van der Waals surface area contributed by atoms with Crippen LogP contribution in [0, 0.1) is 0 Å². The fourth-order valence-corrected chi connectivity index (χ4v) is 1.02. The van der Waals surface area contributed by atoms with E-state index in [1.807, 2.05) is 0 Å². The van der Waals surface area contributed by atoms with E-state index in [4.69, 9.17) is 0 Å². The molecule has 3 heteroatoms. The van der Waals surface area contributed by atoms with Crippen LogP contribution in [0.1, 0.15) is 0 Å². The number of allylic oxidation sites excluding steroid dienone is 3. The molecule has 1 aliphatic heterocycles. The van der Waals surface area contributed by atoms with E-state index in [0.29, 0.717) is 12.2 Å². The lowest BCUT2D eigenvalue weighted by molar-refractivity contribution is -0.110. The van der Waals surface area contributed by atoms with E-state index < -0.39 is 0 Å². The molecule has 0 aromatic carbocycles. The monoisotopic (exact) mass is 146 g/mol. The van der Waals surface area contributed by atoms with E-state index in [9.17, 15) is 4.79 Å². The Morgan fingerprint density at radius 2 is 2.27 bits per heavy atom.